The largest absolute Gasteiger partial charge is 0.355 e. The molecule has 1 aromatic rings. The summed E-state index contributed by atoms with van der Waals surface area (Å²) in [6, 6.07) is 0. The molecule has 1 heterocycles. The number of nitrogens with zero attached hydrogens (tertiary/aromatic N) is 3. The molecule has 1 fully saturated rings. The summed E-state index contributed by atoms with van der Waals surface area (Å²) in [7, 11) is 0. The molecule has 0 radical (unpaired) electrons. The highest BCUT2D eigenvalue weighted by molar-refractivity contribution is 6.16. The fraction of sp³-hybridized carbons (Fsp3) is 0.636. The predicted molar refractivity (Wildman–Crippen MR) is 62.2 cm³/mol. The highest BCUT2D eigenvalue weighted by atomic mass is 35.5. The van der Waals surface area contributed by atoms with E-state index >= 15 is 0 Å². The first-order valence-electron chi connectivity index (χ1n) is 5.45. The highest BCUT2D eigenvalue weighted by Gasteiger charge is 2.24. The molecule has 0 saturated heterocycles. The molecule has 1 saturated carbocycles. The number of alkyl halides is 1. The van der Waals surface area contributed by atoms with Crippen molar-refractivity contribution in [3.8, 4) is 0 Å². The second kappa shape index (κ2) is 4.79. The highest BCUT2D eigenvalue weighted by Crippen LogP contribution is 2.30. The lowest BCUT2D eigenvalue weighted by molar-refractivity contribution is 0.729. The summed E-state index contributed by atoms with van der Waals surface area (Å²) in [5, 5.41) is 0. The van der Waals surface area contributed by atoms with Crippen LogP contribution in [0.2, 0.25) is 0 Å². The van der Waals surface area contributed by atoms with Crippen LogP contribution in [0.15, 0.2) is 12.4 Å². The SMILES string of the molecule is CCN(CC1CC1)c1cnc(CCl)cn1. The third-order valence-corrected chi connectivity index (χ3v) is 2.98. The molecule has 2 rings (SSSR count). The van der Waals surface area contributed by atoms with E-state index in [1.165, 1.54) is 12.8 Å². The summed E-state index contributed by atoms with van der Waals surface area (Å²) in [5.74, 6) is 2.28. The van der Waals surface area contributed by atoms with Gasteiger partial charge in [-0.3, -0.25) is 4.98 Å². The number of rotatable bonds is 5. The maximum atomic E-state index is 5.67. The molecule has 0 unspecified atom stereocenters. The van der Waals surface area contributed by atoms with E-state index in [1.54, 1.807) is 6.20 Å². The van der Waals surface area contributed by atoms with Crippen molar-refractivity contribution in [2.45, 2.75) is 25.6 Å². The molecule has 0 aromatic carbocycles. The van der Waals surface area contributed by atoms with Crippen LogP contribution in [0.4, 0.5) is 5.82 Å². The molecule has 0 N–H and O–H groups in total. The van der Waals surface area contributed by atoms with Crippen LogP contribution in [0.1, 0.15) is 25.5 Å². The maximum absolute atomic E-state index is 5.67. The monoisotopic (exact) mass is 225 g/mol. The van der Waals surface area contributed by atoms with Crippen molar-refractivity contribution in [2.75, 3.05) is 18.0 Å². The van der Waals surface area contributed by atoms with Gasteiger partial charge in [-0.2, -0.15) is 0 Å². The Bertz CT molecular complexity index is 308. The third-order valence-electron chi connectivity index (χ3n) is 2.71. The number of hydrogen-bond acceptors (Lipinski definition) is 3. The van der Waals surface area contributed by atoms with Crippen molar-refractivity contribution in [3.63, 3.8) is 0 Å². The van der Waals surface area contributed by atoms with E-state index in [0.29, 0.717) is 5.88 Å². The van der Waals surface area contributed by atoms with Gasteiger partial charge in [0.15, 0.2) is 0 Å². The van der Waals surface area contributed by atoms with Gasteiger partial charge in [-0.05, 0) is 25.7 Å². The average molecular weight is 226 g/mol. The first-order chi connectivity index (χ1) is 7.33. The Kier molecular flexibility index (Phi) is 3.41. The van der Waals surface area contributed by atoms with Gasteiger partial charge in [-0.25, -0.2) is 4.98 Å². The Morgan fingerprint density at radius 2 is 2.20 bits per heavy atom. The van der Waals surface area contributed by atoms with Crippen LogP contribution in [-0.2, 0) is 5.88 Å². The van der Waals surface area contributed by atoms with Gasteiger partial charge in [-0.15, -0.1) is 11.6 Å². The molecule has 1 aliphatic rings. The van der Waals surface area contributed by atoms with E-state index in [0.717, 1.165) is 30.5 Å². The summed E-state index contributed by atoms with van der Waals surface area (Å²) in [4.78, 5) is 10.9. The minimum absolute atomic E-state index is 0.433. The van der Waals surface area contributed by atoms with Crippen LogP contribution >= 0.6 is 11.6 Å². The average Bonchev–Trinajstić information content (AvgIpc) is 3.10. The Labute approximate surface area is 95.5 Å². The molecule has 0 amide bonds. The Hall–Kier alpha value is -0.830. The normalized spacial score (nSPS) is 15.3. The van der Waals surface area contributed by atoms with Gasteiger partial charge < -0.3 is 4.90 Å². The smallest absolute Gasteiger partial charge is 0.147 e. The maximum Gasteiger partial charge on any atom is 0.147 e. The minimum atomic E-state index is 0.433. The van der Waals surface area contributed by atoms with E-state index < -0.39 is 0 Å². The Balaban J connectivity index is 2.03. The van der Waals surface area contributed by atoms with Gasteiger partial charge in [0, 0.05) is 13.1 Å². The second-order valence-electron chi connectivity index (χ2n) is 3.98. The number of halogens is 1. The number of anilines is 1. The topological polar surface area (TPSA) is 29.0 Å². The first kappa shape index (κ1) is 10.7. The summed E-state index contributed by atoms with van der Waals surface area (Å²) in [5.41, 5.74) is 0.836. The van der Waals surface area contributed by atoms with Gasteiger partial charge >= 0.3 is 0 Å². The molecule has 4 heteroatoms. The number of aromatic nitrogens is 2. The summed E-state index contributed by atoms with van der Waals surface area (Å²) >= 11 is 5.67. The standard InChI is InChI=1S/C11H16ClN3/c1-2-15(8-9-3-4-9)11-7-13-10(5-12)6-14-11/h6-7,9H,2-5,8H2,1H3. The van der Waals surface area contributed by atoms with Crippen molar-refractivity contribution >= 4 is 17.4 Å². The van der Waals surface area contributed by atoms with Gasteiger partial charge in [0.25, 0.3) is 0 Å². The Morgan fingerprint density at radius 3 is 2.67 bits per heavy atom. The lowest BCUT2D eigenvalue weighted by Gasteiger charge is -2.21. The van der Waals surface area contributed by atoms with Crippen molar-refractivity contribution < 1.29 is 0 Å². The molecule has 1 aliphatic carbocycles. The second-order valence-corrected chi connectivity index (χ2v) is 4.25. The zero-order valence-electron chi connectivity index (χ0n) is 8.99. The molecule has 0 spiro atoms. The van der Waals surface area contributed by atoms with Crippen LogP contribution in [0.5, 0.6) is 0 Å². The zero-order valence-corrected chi connectivity index (χ0v) is 9.74. The van der Waals surface area contributed by atoms with Gasteiger partial charge in [0.1, 0.15) is 5.82 Å². The number of hydrogen-bond donors (Lipinski definition) is 0. The van der Waals surface area contributed by atoms with Crippen molar-refractivity contribution in [3.05, 3.63) is 18.1 Å². The predicted octanol–water partition coefficient (Wildman–Crippen LogP) is 2.45. The molecule has 82 valence electrons. The third kappa shape index (κ3) is 2.81. The van der Waals surface area contributed by atoms with Gasteiger partial charge in [0.05, 0.1) is 24.0 Å². The Morgan fingerprint density at radius 1 is 1.40 bits per heavy atom. The van der Waals surface area contributed by atoms with Crippen LogP contribution < -0.4 is 4.90 Å². The van der Waals surface area contributed by atoms with Crippen LogP contribution in [0.25, 0.3) is 0 Å². The van der Waals surface area contributed by atoms with Crippen LogP contribution in [0, 0.1) is 5.92 Å². The van der Waals surface area contributed by atoms with E-state index in [-0.39, 0.29) is 0 Å². The summed E-state index contributed by atoms with van der Waals surface area (Å²) < 4.78 is 0. The molecule has 15 heavy (non-hydrogen) atoms. The molecule has 0 atom stereocenters. The molecular formula is C11H16ClN3. The lowest BCUT2D eigenvalue weighted by atomic mass is 10.3. The molecule has 0 aliphatic heterocycles. The lowest BCUT2D eigenvalue weighted by Crippen LogP contribution is -2.26. The minimum Gasteiger partial charge on any atom is -0.355 e. The van der Waals surface area contributed by atoms with E-state index in [1.807, 2.05) is 6.20 Å². The first-order valence-corrected chi connectivity index (χ1v) is 5.98. The van der Waals surface area contributed by atoms with Crippen LogP contribution in [-0.4, -0.2) is 23.1 Å². The molecule has 3 nitrogen and oxygen atoms in total. The fourth-order valence-corrected chi connectivity index (χ4v) is 1.72. The van der Waals surface area contributed by atoms with E-state index in [4.69, 9.17) is 11.6 Å². The van der Waals surface area contributed by atoms with Crippen molar-refractivity contribution in [1.82, 2.24) is 9.97 Å². The molecule has 1 aromatic heterocycles. The zero-order chi connectivity index (χ0) is 10.7. The van der Waals surface area contributed by atoms with Gasteiger partial charge in [0.2, 0.25) is 0 Å². The van der Waals surface area contributed by atoms with Crippen molar-refractivity contribution in [2.24, 2.45) is 5.92 Å². The van der Waals surface area contributed by atoms with E-state index in [2.05, 4.69) is 21.8 Å². The van der Waals surface area contributed by atoms with E-state index in [9.17, 15) is 0 Å². The molecule has 0 bridgehead atoms. The quantitative estimate of drug-likeness (QED) is 0.721. The molecular weight excluding hydrogens is 210 g/mol. The van der Waals surface area contributed by atoms with Crippen molar-refractivity contribution in [1.29, 1.82) is 0 Å². The fourth-order valence-electron chi connectivity index (χ4n) is 1.58. The van der Waals surface area contributed by atoms with Crippen LogP contribution in [0.3, 0.4) is 0 Å². The summed E-state index contributed by atoms with van der Waals surface area (Å²) in [6.07, 6.45) is 6.31. The van der Waals surface area contributed by atoms with Gasteiger partial charge in [-0.1, -0.05) is 0 Å². The summed E-state index contributed by atoms with van der Waals surface area (Å²) in [6.45, 7) is 4.26.